The summed E-state index contributed by atoms with van der Waals surface area (Å²) in [6, 6.07) is -0.367. The first-order chi connectivity index (χ1) is 5.74. The van der Waals surface area contributed by atoms with Gasteiger partial charge in [0, 0.05) is 6.04 Å². The van der Waals surface area contributed by atoms with Crippen molar-refractivity contribution in [3.05, 3.63) is 0 Å². The molecule has 1 rings (SSSR count). The lowest BCUT2D eigenvalue weighted by atomic mass is 10.1. The number of esters is 1. The van der Waals surface area contributed by atoms with Crippen molar-refractivity contribution in [2.75, 3.05) is 13.7 Å². The molecule has 0 saturated heterocycles. The van der Waals surface area contributed by atoms with Crippen molar-refractivity contribution >= 4 is 12.3 Å². The van der Waals surface area contributed by atoms with Gasteiger partial charge in [-0.25, -0.2) is 0 Å². The molecule has 0 radical (unpaired) electrons. The zero-order valence-corrected chi connectivity index (χ0v) is 6.99. The molecule has 1 heterocycles. The molecule has 5 heteroatoms. The Balaban J connectivity index is 2.25. The van der Waals surface area contributed by atoms with Crippen LogP contribution in [0.3, 0.4) is 0 Å². The van der Waals surface area contributed by atoms with Gasteiger partial charge < -0.3 is 15.8 Å². The number of carbonyl (C=O) groups is 1. The van der Waals surface area contributed by atoms with Gasteiger partial charge in [0.1, 0.15) is 6.04 Å². The van der Waals surface area contributed by atoms with Gasteiger partial charge in [0.05, 0.1) is 20.0 Å². The Morgan fingerprint density at radius 1 is 2.00 bits per heavy atom. The average Bonchev–Trinajstić information content (AvgIpc) is 2.55. The lowest BCUT2D eigenvalue weighted by molar-refractivity contribution is -0.142. The van der Waals surface area contributed by atoms with Crippen LogP contribution in [0, 0.1) is 0 Å². The fourth-order valence-corrected chi connectivity index (χ4v) is 1.09. The molecule has 0 fully saturated rings. The molecule has 0 aliphatic carbocycles. The van der Waals surface area contributed by atoms with Gasteiger partial charge in [0.15, 0.2) is 0 Å². The third-order valence-corrected chi connectivity index (χ3v) is 1.77. The van der Waals surface area contributed by atoms with Crippen LogP contribution in [0.5, 0.6) is 0 Å². The Bertz CT molecular complexity index is 185. The van der Waals surface area contributed by atoms with Crippen LogP contribution in [-0.4, -0.2) is 38.0 Å². The van der Waals surface area contributed by atoms with E-state index < -0.39 is 6.04 Å². The number of hydrogen-bond acceptors (Lipinski definition) is 5. The molecular weight excluding hydrogens is 158 g/mol. The van der Waals surface area contributed by atoms with Crippen LogP contribution in [0.15, 0.2) is 4.99 Å². The zero-order valence-electron chi connectivity index (χ0n) is 6.99. The molecule has 68 valence electrons. The van der Waals surface area contributed by atoms with Crippen LogP contribution >= 0.6 is 0 Å². The minimum Gasteiger partial charge on any atom is -0.468 e. The summed E-state index contributed by atoms with van der Waals surface area (Å²) in [6.07, 6.45) is 2.20. The third-order valence-electron chi connectivity index (χ3n) is 1.77. The molecule has 12 heavy (non-hydrogen) atoms. The van der Waals surface area contributed by atoms with E-state index in [0.717, 1.165) is 0 Å². The highest BCUT2D eigenvalue weighted by Crippen LogP contribution is 2.01. The van der Waals surface area contributed by atoms with E-state index in [2.05, 4.69) is 15.0 Å². The van der Waals surface area contributed by atoms with Crippen molar-refractivity contribution in [1.29, 1.82) is 0 Å². The van der Waals surface area contributed by atoms with Crippen LogP contribution in [0.4, 0.5) is 0 Å². The maximum Gasteiger partial charge on any atom is 0.322 e. The molecule has 1 aliphatic rings. The average molecular weight is 171 g/mol. The van der Waals surface area contributed by atoms with Crippen molar-refractivity contribution in [1.82, 2.24) is 5.32 Å². The van der Waals surface area contributed by atoms with E-state index in [-0.39, 0.29) is 12.0 Å². The SMILES string of the molecule is COC(=O)[C@@H](N)CC1CN=CN1. The van der Waals surface area contributed by atoms with E-state index in [4.69, 9.17) is 5.73 Å². The summed E-state index contributed by atoms with van der Waals surface area (Å²) >= 11 is 0. The summed E-state index contributed by atoms with van der Waals surface area (Å²) in [5, 5.41) is 2.99. The van der Waals surface area contributed by atoms with E-state index in [9.17, 15) is 4.79 Å². The summed E-state index contributed by atoms with van der Waals surface area (Å²) in [5.41, 5.74) is 5.54. The third kappa shape index (κ3) is 2.20. The lowest BCUT2D eigenvalue weighted by Gasteiger charge is -2.13. The smallest absolute Gasteiger partial charge is 0.322 e. The molecule has 0 aromatic carbocycles. The number of ether oxygens (including phenoxy) is 1. The molecule has 0 aromatic heterocycles. The number of methoxy groups -OCH3 is 1. The number of carbonyl (C=O) groups excluding carboxylic acids is 1. The Morgan fingerprint density at radius 2 is 2.75 bits per heavy atom. The molecule has 2 atom stereocenters. The molecule has 0 aromatic rings. The van der Waals surface area contributed by atoms with Gasteiger partial charge in [0.25, 0.3) is 0 Å². The zero-order chi connectivity index (χ0) is 8.97. The largest absolute Gasteiger partial charge is 0.468 e. The van der Waals surface area contributed by atoms with E-state index in [1.165, 1.54) is 7.11 Å². The highest BCUT2D eigenvalue weighted by molar-refractivity contribution is 5.75. The second-order valence-corrected chi connectivity index (χ2v) is 2.72. The van der Waals surface area contributed by atoms with Crippen molar-refractivity contribution in [3.63, 3.8) is 0 Å². The predicted molar refractivity (Wildman–Crippen MR) is 44.9 cm³/mol. The Labute approximate surface area is 71.0 Å². The molecule has 5 nitrogen and oxygen atoms in total. The molecule has 0 bridgehead atoms. The molecule has 0 spiro atoms. The molecular formula is C7H13N3O2. The van der Waals surface area contributed by atoms with Crippen LogP contribution in [0.2, 0.25) is 0 Å². The normalized spacial score (nSPS) is 23.3. The Morgan fingerprint density at radius 3 is 3.25 bits per heavy atom. The first kappa shape index (κ1) is 8.99. The number of rotatable bonds is 3. The first-order valence-corrected chi connectivity index (χ1v) is 3.82. The minimum absolute atomic E-state index is 0.180. The fourth-order valence-electron chi connectivity index (χ4n) is 1.09. The molecule has 0 saturated carbocycles. The van der Waals surface area contributed by atoms with Crippen LogP contribution < -0.4 is 11.1 Å². The summed E-state index contributed by atoms with van der Waals surface area (Å²) < 4.78 is 4.49. The molecule has 1 aliphatic heterocycles. The maximum absolute atomic E-state index is 10.9. The van der Waals surface area contributed by atoms with Crippen molar-refractivity contribution in [2.24, 2.45) is 10.7 Å². The van der Waals surface area contributed by atoms with E-state index in [1.807, 2.05) is 0 Å². The van der Waals surface area contributed by atoms with Crippen molar-refractivity contribution in [2.45, 2.75) is 18.5 Å². The van der Waals surface area contributed by atoms with E-state index in [0.29, 0.717) is 13.0 Å². The van der Waals surface area contributed by atoms with Gasteiger partial charge in [-0.3, -0.25) is 9.79 Å². The van der Waals surface area contributed by atoms with Gasteiger partial charge in [-0.2, -0.15) is 0 Å². The number of aliphatic imine (C=N–C) groups is 1. The number of nitrogens with two attached hydrogens (primary N) is 1. The van der Waals surface area contributed by atoms with Crippen LogP contribution in [0.1, 0.15) is 6.42 Å². The highest BCUT2D eigenvalue weighted by Gasteiger charge is 2.20. The first-order valence-electron chi connectivity index (χ1n) is 3.82. The van der Waals surface area contributed by atoms with E-state index in [1.54, 1.807) is 6.34 Å². The number of nitrogens with zero attached hydrogens (tertiary/aromatic N) is 1. The Kier molecular flexibility index (Phi) is 3.04. The van der Waals surface area contributed by atoms with Crippen molar-refractivity contribution in [3.8, 4) is 0 Å². The quantitative estimate of drug-likeness (QED) is 0.527. The predicted octanol–water partition coefficient (Wildman–Crippen LogP) is -1.12. The fraction of sp³-hybridized carbons (Fsp3) is 0.714. The summed E-state index contributed by atoms with van der Waals surface area (Å²) in [4.78, 5) is 14.8. The second-order valence-electron chi connectivity index (χ2n) is 2.72. The summed E-state index contributed by atoms with van der Waals surface area (Å²) in [7, 11) is 1.33. The standard InChI is InChI=1S/C7H13N3O2/c1-12-7(11)6(8)2-5-3-9-4-10-5/h4-6H,2-3,8H2,1H3,(H,9,10)/t5?,6-/m0/s1. The monoisotopic (exact) mass is 171 g/mol. The number of hydrogen-bond donors (Lipinski definition) is 2. The van der Waals surface area contributed by atoms with Crippen LogP contribution in [0.25, 0.3) is 0 Å². The molecule has 3 N–H and O–H groups in total. The second kappa shape index (κ2) is 4.06. The number of nitrogens with one attached hydrogen (secondary N) is 1. The van der Waals surface area contributed by atoms with Crippen molar-refractivity contribution < 1.29 is 9.53 Å². The van der Waals surface area contributed by atoms with Gasteiger partial charge in [-0.05, 0) is 6.42 Å². The van der Waals surface area contributed by atoms with Gasteiger partial charge in [-0.15, -0.1) is 0 Å². The molecule has 0 amide bonds. The van der Waals surface area contributed by atoms with Gasteiger partial charge in [0.2, 0.25) is 0 Å². The van der Waals surface area contributed by atoms with Crippen LogP contribution in [-0.2, 0) is 9.53 Å². The molecule has 1 unspecified atom stereocenters. The van der Waals surface area contributed by atoms with E-state index >= 15 is 0 Å². The Hall–Kier alpha value is -1.10. The van der Waals surface area contributed by atoms with Gasteiger partial charge >= 0.3 is 5.97 Å². The minimum atomic E-state index is -0.547. The lowest BCUT2D eigenvalue weighted by Crippen LogP contribution is -2.39. The maximum atomic E-state index is 10.9. The topological polar surface area (TPSA) is 76.7 Å². The summed E-state index contributed by atoms with van der Waals surface area (Å²) in [5.74, 6) is -0.372. The summed E-state index contributed by atoms with van der Waals surface area (Å²) in [6.45, 7) is 0.685. The highest BCUT2D eigenvalue weighted by atomic mass is 16.5. The van der Waals surface area contributed by atoms with Gasteiger partial charge in [-0.1, -0.05) is 0 Å².